The van der Waals surface area contributed by atoms with Crippen LogP contribution in [0.1, 0.15) is 56.2 Å². The number of benzene rings is 6. The van der Waals surface area contributed by atoms with Crippen molar-refractivity contribution in [3.05, 3.63) is 144 Å². The van der Waals surface area contributed by atoms with Gasteiger partial charge in [0.05, 0.1) is 33.9 Å². The molecule has 4 heteroatoms. The molecule has 0 bridgehead atoms. The Morgan fingerprint density at radius 2 is 1.27 bits per heavy atom. The Bertz CT molecular complexity index is 2480. The number of hydrogen-bond donors (Lipinski definition) is 0. The molecule has 0 N–H and O–H groups in total. The van der Waals surface area contributed by atoms with Gasteiger partial charge in [0, 0.05) is 10.8 Å². The van der Waals surface area contributed by atoms with Crippen molar-refractivity contribution in [2.45, 2.75) is 39.5 Å². The molecular formula is C44H35N3O. The average molecular weight is 622 g/mol. The summed E-state index contributed by atoms with van der Waals surface area (Å²) in [5, 5.41) is 11.7. The Morgan fingerprint density at radius 1 is 0.646 bits per heavy atom. The second-order valence-electron chi connectivity index (χ2n) is 13.1. The topological polar surface area (TPSA) is 54.8 Å². The minimum Gasteiger partial charge on any atom is -0.455 e. The number of hydrogen-bond acceptors (Lipinski definition) is 3. The maximum absolute atomic E-state index is 9.92. The van der Waals surface area contributed by atoms with Crippen molar-refractivity contribution in [3.63, 3.8) is 0 Å². The van der Waals surface area contributed by atoms with Crippen molar-refractivity contribution in [1.29, 1.82) is 5.26 Å². The number of imidazole rings is 1. The molecule has 0 saturated heterocycles. The molecule has 232 valence electrons. The third-order valence-electron chi connectivity index (χ3n) is 9.41. The highest BCUT2D eigenvalue weighted by Gasteiger charge is 2.25. The van der Waals surface area contributed by atoms with Crippen LogP contribution in [-0.2, 0) is 0 Å². The number of fused-ring (bicyclic) bond motifs is 4. The van der Waals surface area contributed by atoms with Crippen molar-refractivity contribution in [2.75, 3.05) is 0 Å². The molecule has 0 amide bonds. The second-order valence-corrected chi connectivity index (χ2v) is 13.1. The molecule has 0 fully saturated rings. The zero-order chi connectivity index (χ0) is 32.9. The number of aromatic nitrogens is 2. The molecule has 0 unspecified atom stereocenters. The van der Waals surface area contributed by atoms with E-state index in [1.807, 2.05) is 36.4 Å². The molecule has 2 heterocycles. The molecule has 0 spiro atoms. The lowest BCUT2D eigenvalue weighted by Gasteiger charge is -2.24. The first-order chi connectivity index (χ1) is 23.4. The van der Waals surface area contributed by atoms with E-state index in [0.717, 1.165) is 38.8 Å². The van der Waals surface area contributed by atoms with Crippen LogP contribution in [0, 0.1) is 11.3 Å². The zero-order valence-corrected chi connectivity index (χ0v) is 27.5. The molecule has 2 aromatic heterocycles. The van der Waals surface area contributed by atoms with Crippen LogP contribution < -0.4 is 0 Å². The fraction of sp³-hybridized carbons (Fsp3) is 0.136. The Balaban J connectivity index is 1.38. The summed E-state index contributed by atoms with van der Waals surface area (Å²) in [6, 6.07) is 46.7. The highest BCUT2D eigenvalue weighted by atomic mass is 16.3. The summed E-state index contributed by atoms with van der Waals surface area (Å²) in [6.07, 6.45) is 0. The van der Waals surface area contributed by atoms with Crippen LogP contribution in [0.3, 0.4) is 0 Å². The SMILES string of the molecule is CC(C)c1cc(-c2ccc(-c3ccccc3)cc2)cc(C(C)C)c1-n1c(-c2cccc3c2oc2cccc(C#N)c23)nc2ccccc21. The van der Waals surface area contributed by atoms with Crippen molar-refractivity contribution in [2.24, 2.45) is 0 Å². The van der Waals surface area contributed by atoms with Gasteiger partial charge in [-0.3, -0.25) is 4.57 Å². The predicted octanol–water partition coefficient (Wildman–Crippen LogP) is 12.0. The Morgan fingerprint density at radius 3 is 1.96 bits per heavy atom. The number of nitriles is 1. The van der Waals surface area contributed by atoms with E-state index in [1.165, 1.54) is 39.1 Å². The molecular weight excluding hydrogens is 587 g/mol. The summed E-state index contributed by atoms with van der Waals surface area (Å²) in [5.41, 5.74) is 13.4. The van der Waals surface area contributed by atoms with Crippen molar-refractivity contribution < 1.29 is 4.42 Å². The van der Waals surface area contributed by atoms with Gasteiger partial charge in [0.15, 0.2) is 0 Å². The summed E-state index contributed by atoms with van der Waals surface area (Å²) >= 11 is 0. The minimum atomic E-state index is 0.246. The first-order valence-corrected chi connectivity index (χ1v) is 16.6. The van der Waals surface area contributed by atoms with Gasteiger partial charge in [0.25, 0.3) is 0 Å². The first-order valence-electron chi connectivity index (χ1n) is 16.6. The lowest BCUT2D eigenvalue weighted by molar-refractivity contribution is 0.669. The molecule has 6 aromatic carbocycles. The standard InChI is InChI=1S/C44H35N3O/c1-27(2)36-24-33(31-22-20-30(21-23-31)29-12-6-5-7-13-29)25-37(28(3)4)42(36)47-39-18-9-8-17-38(39)46-44(47)35-16-11-15-34-41-32(26-45)14-10-19-40(41)48-43(34)35/h5-25,27-28H,1-4H3. The number of rotatable bonds is 6. The molecule has 0 atom stereocenters. The zero-order valence-electron chi connectivity index (χ0n) is 27.5. The molecule has 4 nitrogen and oxygen atoms in total. The monoisotopic (exact) mass is 621 g/mol. The molecule has 8 aromatic rings. The van der Waals surface area contributed by atoms with Crippen LogP contribution in [0.2, 0.25) is 0 Å². The second kappa shape index (κ2) is 11.7. The van der Waals surface area contributed by atoms with Gasteiger partial charge in [-0.25, -0.2) is 4.98 Å². The smallest absolute Gasteiger partial charge is 0.149 e. The molecule has 48 heavy (non-hydrogen) atoms. The Kier molecular flexibility index (Phi) is 7.19. The van der Waals surface area contributed by atoms with Crippen LogP contribution in [0.5, 0.6) is 0 Å². The van der Waals surface area contributed by atoms with Gasteiger partial charge in [0.1, 0.15) is 17.0 Å². The summed E-state index contributed by atoms with van der Waals surface area (Å²) in [6.45, 7) is 9.08. The summed E-state index contributed by atoms with van der Waals surface area (Å²) in [7, 11) is 0. The van der Waals surface area contributed by atoms with E-state index >= 15 is 0 Å². The van der Waals surface area contributed by atoms with E-state index in [-0.39, 0.29) is 11.8 Å². The third kappa shape index (κ3) is 4.79. The molecule has 0 aliphatic carbocycles. The van der Waals surface area contributed by atoms with Gasteiger partial charge in [-0.2, -0.15) is 5.26 Å². The van der Waals surface area contributed by atoms with E-state index in [9.17, 15) is 5.26 Å². The van der Waals surface area contributed by atoms with Gasteiger partial charge in [-0.1, -0.05) is 113 Å². The van der Waals surface area contributed by atoms with E-state index < -0.39 is 0 Å². The summed E-state index contributed by atoms with van der Waals surface area (Å²) in [4.78, 5) is 5.28. The highest BCUT2D eigenvalue weighted by Crippen LogP contribution is 2.43. The van der Waals surface area contributed by atoms with Gasteiger partial charge >= 0.3 is 0 Å². The minimum absolute atomic E-state index is 0.246. The lowest BCUT2D eigenvalue weighted by atomic mass is 9.87. The maximum atomic E-state index is 9.92. The van der Waals surface area contributed by atoms with E-state index in [0.29, 0.717) is 11.1 Å². The van der Waals surface area contributed by atoms with E-state index in [1.54, 1.807) is 0 Å². The van der Waals surface area contributed by atoms with Gasteiger partial charge in [-0.15, -0.1) is 0 Å². The largest absolute Gasteiger partial charge is 0.455 e. The highest BCUT2D eigenvalue weighted by molar-refractivity contribution is 6.11. The van der Waals surface area contributed by atoms with Gasteiger partial charge in [-0.05, 0) is 87.7 Å². The van der Waals surface area contributed by atoms with Crippen molar-refractivity contribution >= 4 is 33.0 Å². The molecule has 0 aliphatic heterocycles. The molecule has 0 aliphatic rings. The summed E-state index contributed by atoms with van der Waals surface area (Å²) < 4.78 is 8.88. The number of furan rings is 1. The average Bonchev–Trinajstić information content (AvgIpc) is 3.70. The summed E-state index contributed by atoms with van der Waals surface area (Å²) in [5.74, 6) is 1.31. The van der Waals surface area contributed by atoms with Crippen molar-refractivity contribution in [3.8, 4) is 45.4 Å². The van der Waals surface area contributed by atoms with Gasteiger partial charge in [0.2, 0.25) is 0 Å². The third-order valence-corrected chi connectivity index (χ3v) is 9.41. The maximum Gasteiger partial charge on any atom is 0.149 e. The fourth-order valence-electron chi connectivity index (χ4n) is 7.02. The Hall–Kier alpha value is -5.92. The van der Waals surface area contributed by atoms with E-state index in [2.05, 4.69) is 129 Å². The van der Waals surface area contributed by atoms with Crippen LogP contribution >= 0.6 is 0 Å². The Labute approximate surface area is 280 Å². The fourth-order valence-corrected chi connectivity index (χ4v) is 7.02. The van der Waals surface area contributed by atoms with Crippen LogP contribution in [-0.4, -0.2) is 9.55 Å². The first kappa shape index (κ1) is 29.5. The number of para-hydroxylation sites is 3. The normalized spacial score (nSPS) is 11.7. The van der Waals surface area contributed by atoms with Crippen molar-refractivity contribution in [1.82, 2.24) is 9.55 Å². The van der Waals surface area contributed by atoms with Crippen LogP contribution in [0.15, 0.2) is 132 Å². The predicted molar refractivity (Wildman–Crippen MR) is 198 cm³/mol. The van der Waals surface area contributed by atoms with Gasteiger partial charge < -0.3 is 4.42 Å². The molecule has 0 radical (unpaired) electrons. The quantitative estimate of drug-likeness (QED) is 0.186. The van der Waals surface area contributed by atoms with Crippen LogP contribution in [0.25, 0.3) is 72.3 Å². The van der Waals surface area contributed by atoms with Crippen LogP contribution in [0.4, 0.5) is 0 Å². The lowest BCUT2D eigenvalue weighted by Crippen LogP contribution is -2.09. The number of nitrogens with zero attached hydrogens (tertiary/aromatic N) is 3. The molecule has 0 saturated carbocycles. The molecule has 8 rings (SSSR count). The van der Waals surface area contributed by atoms with E-state index in [4.69, 9.17) is 9.40 Å².